The van der Waals surface area contributed by atoms with Crippen molar-refractivity contribution in [3.8, 4) is 10.6 Å². The summed E-state index contributed by atoms with van der Waals surface area (Å²) in [6.07, 6.45) is 0. The van der Waals surface area contributed by atoms with Crippen LogP contribution in [-0.2, 0) is 6.54 Å². The van der Waals surface area contributed by atoms with Crippen LogP contribution in [0.4, 0.5) is 0 Å². The number of aromatic nitrogens is 3. The number of hydrogen-bond acceptors (Lipinski definition) is 5. The zero-order valence-corrected chi connectivity index (χ0v) is 17.9. The molecule has 0 atom stereocenters. The van der Waals surface area contributed by atoms with Crippen LogP contribution in [-0.4, -0.2) is 31.8 Å². The van der Waals surface area contributed by atoms with E-state index in [4.69, 9.17) is 0 Å². The van der Waals surface area contributed by atoms with Gasteiger partial charge in [0.05, 0.1) is 17.4 Å². The predicted molar refractivity (Wildman–Crippen MR) is 120 cm³/mol. The van der Waals surface area contributed by atoms with Crippen LogP contribution in [0.25, 0.3) is 21.5 Å². The number of rotatable bonds is 5. The third kappa shape index (κ3) is 4.02. The summed E-state index contributed by atoms with van der Waals surface area (Å²) >= 11 is 1.58. The average Bonchev–Trinajstić information content (AvgIpc) is 3.18. The second-order valence-electron chi connectivity index (χ2n) is 7.43. The van der Waals surface area contributed by atoms with Crippen molar-refractivity contribution in [2.24, 2.45) is 0 Å². The molecule has 0 saturated carbocycles. The Kier molecular flexibility index (Phi) is 5.46. The quantitative estimate of drug-likeness (QED) is 0.521. The van der Waals surface area contributed by atoms with Crippen molar-refractivity contribution in [3.63, 3.8) is 0 Å². The van der Waals surface area contributed by atoms with Gasteiger partial charge in [-0.05, 0) is 45.0 Å². The fraction of sp³-hybridized carbons (Fsp3) is 0.217. The first-order valence-electron chi connectivity index (χ1n) is 9.74. The summed E-state index contributed by atoms with van der Waals surface area (Å²) in [7, 11) is 0. The molecule has 6 nitrogen and oxygen atoms in total. The molecule has 0 aliphatic rings. The summed E-state index contributed by atoms with van der Waals surface area (Å²) in [6.45, 7) is 6.08. The van der Waals surface area contributed by atoms with E-state index in [0.29, 0.717) is 22.3 Å². The molecule has 0 spiro atoms. The number of aromatic amines is 1. The molecular formula is C23H22N4O2S. The van der Waals surface area contributed by atoms with E-state index in [0.717, 1.165) is 16.3 Å². The lowest BCUT2D eigenvalue weighted by Crippen LogP contribution is -2.37. The van der Waals surface area contributed by atoms with Gasteiger partial charge in [-0.2, -0.15) is 0 Å². The Morgan fingerprint density at radius 3 is 2.50 bits per heavy atom. The second-order valence-corrected chi connectivity index (χ2v) is 8.29. The maximum Gasteiger partial charge on any atom is 0.258 e. The van der Waals surface area contributed by atoms with Gasteiger partial charge in [0.25, 0.3) is 11.5 Å². The van der Waals surface area contributed by atoms with Gasteiger partial charge >= 0.3 is 0 Å². The van der Waals surface area contributed by atoms with E-state index in [9.17, 15) is 9.59 Å². The second kappa shape index (κ2) is 8.20. The average molecular weight is 419 g/mol. The lowest BCUT2D eigenvalue weighted by Gasteiger charge is -2.26. The fourth-order valence-corrected chi connectivity index (χ4v) is 4.07. The molecule has 0 unspecified atom stereocenters. The Bertz CT molecular complexity index is 1260. The minimum atomic E-state index is -0.199. The molecular weight excluding hydrogens is 396 g/mol. The van der Waals surface area contributed by atoms with E-state index in [1.54, 1.807) is 34.4 Å². The number of benzene rings is 2. The number of amides is 1. The summed E-state index contributed by atoms with van der Waals surface area (Å²) in [5.41, 5.74) is 2.98. The normalized spacial score (nSPS) is 11.2. The van der Waals surface area contributed by atoms with Crippen LogP contribution in [0.1, 0.15) is 35.7 Å². The highest BCUT2D eigenvalue weighted by Gasteiger charge is 2.21. The molecule has 4 aromatic rings. The number of aryl methyl sites for hydroxylation is 1. The fourth-order valence-electron chi connectivity index (χ4n) is 3.27. The maximum absolute atomic E-state index is 13.2. The Balaban J connectivity index is 1.60. The SMILES string of the molecule is Cc1csc(-c2ccc(C(=O)N(Cc3nc4ccccc4c(=O)[nH]3)C(C)C)cc2)n1. The van der Waals surface area contributed by atoms with Crippen LogP contribution in [0, 0.1) is 6.92 Å². The van der Waals surface area contributed by atoms with Gasteiger partial charge in [-0.1, -0.05) is 24.3 Å². The van der Waals surface area contributed by atoms with Gasteiger partial charge in [-0.25, -0.2) is 9.97 Å². The van der Waals surface area contributed by atoms with Gasteiger partial charge in [0.15, 0.2) is 0 Å². The van der Waals surface area contributed by atoms with Crippen molar-refractivity contribution >= 4 is 28.1 Å². The molecule has 1 amide bonds. The standard InChI is InChI=1S/C23H22N4O2S/c1-14(2)27(12-20-25-19-7-5-4-6-18(19)21(28)26-20)23(29)17-10-8-16(9-11-17)22-24-15(3)13-30-22/h4-11,13-14H,12H2,1-3H3,(H,25,26,28). The zero-order chi connectivity index (χ0) is 21.3. The highest BCUT2D eigenvalue weighted by atomic mass is 32.1. The molecule has 0 aliphatic heterocycles. The van der Waals surface area contributed by atoms with Crippen LogP contribution >= 0.6 is 11.3 Å². The number of fused-ring (bicyclic) bond motifs is 1. The Hall–Kier alpha value is -3.32. The first kappa shape index (κ1) is 20.0. The summed E-state index contributed by atoms with van der Waals surface area (Å²) in [6, 6.07) is 14.6. The van der Waals surface area contributed by atoms with Crippen LogP contribution in [0.2, 0.25) is 0 Å². The van der Waals surface area contributed by atoms with Crippen LogP contribution in [0.5, 0.6) is 0 Å². The molecule has 0 bridgehead atoms. The van der Waals surface area contributed by atoms with E-state index < -0.39 is 0 Å². The molecule has 1 N–H and O–H groups in total. The molecule has 0 aliphatic carbocycles. The van der Waals surface area contributed by atoms with Crippen molar-refractivity contribution in [3.05, 3.63) is 81.3 Å². The number of H-pyrrole nitrogens is 1. The first-order valence-corrected chi connectivity index (χ1v) is 10.6. The van der Waals surface area contributed by atoms with Crippen LogP contribution in [0.3, 0.4) is 0 Å². The molecule has 2 aromatic heterocycles. The Labute approximate surface area is 178 Å². The number of carbonyl (C=O) groups is 1. The molecule has 152 valence electrons. The van der Waals surface area contributed by atoms with Gasteiger partial charge in [0.2, 0.25) is 0 Å². The molecule has 0 fully saturated rings. The molecule has 30 heavy (non-hydrogen) atoms. The predicted octanol–water partition coefficient (Wildman–Crippen LogP) is 4.41. The van der Waals surface area contributed by atoms with Crippen molar-refractivity contribution in [2.75, 3.05) is 0 Å². The van der Waals surface area contributed by atoms with Crippen molar-refractivity contribution < 1.29 is 4.79 Å². The van der Waals surface area contributed by atoms with Gasteiger partial charge < -0.3 is 9.88 Å². The van der Waals surface area contributed by atoms with E-state index in [2.05, 4.69) is 15.0 Å². The largest absolute Gasteiger partial charge is 0.329 e. The van der Waals surface area contributed by atoms with Crippen molar-refractivity contribution in [2.45, 2.75) is 33.4 Å². The van der Waals surface area contributed by atoms with E-state index >= 15 is 0 Å². The summed E-state index contributed by atoms with van der Waals surface area (Å²) in [5.74, 6) is 0.360. The topological polar surface area (TPSA) is 79.0 Å². The Morgan fingerprint density at radius 1 is 1.10 bits per heavy atom. The van der Waals surface area contributed by atoms with E-state index in [1.807, 2.05) is 56.5 Å². The number of hydrogen-bond donors (Lipinski definition) is 1. The molecule has 7 heteroatoms. The van der Waals surface area contributed by atoms with Crippen molar-refractivity contribution in [1.29, 1.82) is 0 Å². The monoisotopic (exact) mass is 418 g/mol. The Morgan fingerprint density at radius 2 is 1.83 bits per heavy atom. The smallest absolute Gasteiger partial charge is 0.258 e. The van der Waals surface area contributed by atoms with Crippen LogP contribution in [0.15, 0.2) is 58.7 Å². The number of thiazole rings is 1. The molecule has 0 radical (unpaired) electrons. The number of nitrogens with one attached hydrogen (secondary N) is 1. The maximum atomic E-state index is 13.2. The number of carbonyl (C=O) groups excluding carboxylic acids is 1. The zero-order valence-electron chi connectivity index (χ0n) is 17.0. The van der Waals surface area contributed by atoms with Crippen LogP contribution < -0.4 is 5.56 Å². The van der Waals surface area contributed by atoms with Gasteiger partial charge in [0.1, 0.15) is 10.8 Å². The summed E-state index contributed by atoms with van der Waals surface area (Å²) in [5, 5.41) is 3.48. The number of para-hydroxylation sites is 1. The molecule has 2 aromatic carbocycles. The molecule has 4 rings (SSSR count). The first-order chi connectivity index (χ1) is 14.4. The third-order valence-electron chi connectivity index (χ3n) is 4.86. The number of nitrogens with zero attached hydrogens (tertiary/aromatic N) is 3. The van der Waals surface area contributed by atoms with Gasteiger partial charge in [-0.3, -0.25) is 9.59 Å². The highest BCUT2D eigenvalue weighted by Crippen LogP contribution is 2.24. The lowest BCUT2D eigenvalue weighted by atomic mass is 10.1. The third-order valence-corrected chi connectivity index (χ3v) is 5.87. The lowest BCUT2D eigenvalue weighted by molar-refractivity contribution is 0.0685. The van der Waals surface area contributed by atoms with Gasteiger partial charge in [0, 0.05) is 28.2 Å². The molecule has 2 heterocycles. The van der Waals surface area contributed by atoms with E-state index in [-0.39, 0.29) is 24.1 Å². The highest BCUT2D eigenvalue weighted by molar-refractivity contribution is 7.13. The van der Waals surface area contributed by atoms with Gasteiger partial charge in [-0.15, -0.1) is 11.3 Å². The summed E-state index contributed by atoms with van der Waals surface area (Å²) in [4.78, 5) is 39.1. The van der Waals surface area contributed by atoms with E-state index in [1.165, 1.54) is 0 Å². The summed E-state index contributed by atoms with van der Waals surface area (Å²) < 4.78 is 0. The minimum absolute atomic E-state index is 0.0597. The van der Waals surface area contributed by atoms with Crippen molar-refractivity contribution in [1.82, 2.24) is 19.9 Å². The molecule has 0 saturated heterocycles. The minimum Gasteiger partial charge on any atom is -0.329 e.